The van der Waals surface area contributed by atoms with Gasteiger partial charge in [-0.2, -0.15) is 0 Å². The van der Waals surface area contributed by atoms with Crippen molar-refractivity contribution in [1.82, 2.24) is 4.90 Å². The molecule has 0 unspecified atom stereocenters. The van der Waals surface area contributed by atoms with Crippen molar-refractivity contribution in [2.75, 3.05) is 13.1 Å². The van der Waals surface area contributed by atoms with Crippen LogP contribution in [0.1, 0.15) is 23.7 Å². The summed E-state index contributed by atoms with van der Waals surface area (Å²) < 4.78 is 0. The maximum Gasteiger partial charge on any atom is 0.305 e. The van der Waals surface area contributed by atoms with Gasteiger partial charge in [-0.05, 0) is 19.1 Å². The van der Waals surface area contributed by atoms with Crippen molar-refractivity contribution in [3.05, 3.63) is 38.9 Å². The van der Waals surface area contributed by atoms with Crippen LogP contribution in [0.15, 0.2) is 18.2 Å². The van der Waals surface area contributed by atoms with Crippen molar-refractivity contribution in [1.29, 1.82) is 0 Å². The van der Waals surface area contributed by atoms with Crippen LogP contribution in [0.5, 0.6) is 0 Å². The maximum atomic E-state index is 12.2. The first-order valence-corrected chi connectivity index (χ1v) is 6.20. The number of benzene rings is 1. The monoisotopic (exact) mass is 300 g/mol. The van der Waals surface area contributed by atoms with E-state index in [2.05, 4.69) is 0 Å². The van der Waals surface area contributed by atoms with Crippen molar-refractivity contribution < 1.29 is 19.6 Å². The SMILES string of the molecule is CCN(CCC(=O)O)C(=O)c1cccc(Cl)c1[N+](=O)[O-]. The first-order valence-electron chi connectivity index (χ1n) is 5.82. The molecule has 0 bridgehead atoms. The second-order valence-electron chi connectivity index (χ2n) is 3.92. The molecule has 20 heavy (non-hydrogen) atoms. The Labute approximate surface area is 119 Å². The number of amides is 1. The number of hydrogen-bond acceptors (Lipinski definition) is 4. The number of halogens is 1. The van der Waals surface area contributed by atoms with E-state index in [-0.39, 0.29) is 30.1 Å². The Kier molecular flexibility index (Phi) is 5.45. The molecule has 0 aliphatic carbocycles. The van der Waals surface area contributed by atoms with E-state index in [0.717, 1.165) is 0 Å². The van der Waals surface area contributed by atoms with Gasteiger partial charge >= 0.3 is 11.7 Å². The van der Waals surface area contributed by atoms with Gasteiger partial charge in [0, 0.05) is 13.1 Å². The molecule has 0 radical (unpaired) electrons. The van der Waals surface area contributed by atoms with Crippen LogP contribution in [0.2, 0.25) is 5.02 Å². The molecular formula is C12H13ClN2O5. The van der Waals surface area contributed by atoms with Gasteiger partial charge in [-0.15, -0.1) is 0 Å². The Morgan fingerprint density at radius 3 is 2.60 bits per heavy atom. The summed E-state index contributed by atoms with van der Waals surface area (Å²) in [5.41, 5.74) is -0.609. The number of para-hydroxylation sites is 1. The third-order valence-electron chi connectivity index (χ3n) is 2.66. The van der Waals surface area contributed by atoms with Gasteiger partial charge in [-0.3, -0.25) is 19.7 Å². The molecule has 8 heteroatoms. The zero-order chi connectivity index (χ0) is 15.3. The topological polar surface area (TPSA) is 101 Å². The molecule has 1 aromatic carbocycles. The zero-order valence-corrected chi connectivity index (χ0v) is 11.5. The molecule has 0 heterocycles. The molecule has 0 aromatic heterocycles. The Morgan fingerprint density at radius 2 is 2.10 bits per heavy atom. The Balaban J connectivity index is 3.09. The lowest BCUT2D eigenvalue weighted by atomic mass is 10.1. The normalized spacial score (nSPS) is 10.1. The summed E-state index contributed by atoms with van der Waals surface area (Å²) in [7, 11) is 0. The first-order chi connectivity index (χ1) is 9.38. The number of aliphatic carboxylic acids is 1. The van der Waals surface area contributed by atoms with Gasteiger partial charge < -0.3 is 10.0 Å². The van der Waals surface area contributed by atoms with Gasteiger partial charge in [0.2, 0.25) is 0 Å². The summed E-state index contributed by atoms with van der Waals surface area (Å²) in [6.45, 7) is 1.89. The summed E-state index contributed by atoms with van der Waals surface area (Å²) in [6.07, 6.45) is -0.228. The van der Waals surface area contributed by atoms with E-state index in [1.165, 1.54) is 23.1 Å². The summed E-state index contributed by atoms with van der Waals surface area (Å²) in [5, 5.41) is 19.5. The van der Waals surface area contributed by atoms with Crippen molar-refractivity contribution in [3.8, 4) is 0 Å². The maximum absolute atomic E-state index is 12.2. The van der Waals surface area contributed by atoms with E-state index in [1.807, 2.05) is 0 Å². The molecular weight excluding hydrogens is 288 g/mol. The molecule has 0 aliphatic rings. The van der Waals surface area contributed by atoms with Crippen molar-refractivity contribution in [2.45, 2.75) is 13.3 Å². The lowest BCUT2D eigenvalue weighted by Gasteiger charge is -2.20. The smallest absolute Gasteiger partial charge is 0.305 e. The highest BCUT2D eigenvalue weighted by molar-refractivity contribution is 6.33. The van der Waals surface area contributed by atoms with Crippen LogP contribution in [-0.4, -0.2) is 39.9 Å². The highest BCUT2D eigenvalue weighted by atomic mass is 35.5. The number of rotatable bonds is 6. The molecule has 108 valence electrons. The van der Waals surface area contributed by atoms with E-state index in [4.69, 9.17) is 16.7 Å². The van der Waals surface area contributed by atoms with Crippen LogP contribution in [0, 0.1) is 10.1 Å². The molecule has 0 aliphatic heterocycles. The van der Waals surface area contributed by atoms with E-state index >= 15 is 0 Å². The molecule has 7 nitrogen and oxygen atoms in total. The fourth-order valence-electron chi connectivity index (χ4n) is 1.68. The third-order valence-corrected chi connectivity index (χ3v) is 2.97. The molecule has 0 atom stereocenters. The van der Waals surface area contributed by atoms with Gasteiger partial charge in [0.05, 0.1) is 11.3 Å². The fraction of sp³-hybridized carbons (Fsp3) is 0.333. The van der Waals surface area contributed by atoms with Gasteiger partial charge in [0.15, 0.2) is 0 Å². The quantitative estimate of drug-likeness (QED) is 0.641. The van der Waals surface area contributed by atoms with Gasteiger partial charge in [-0.1, -0.05) is 17.7 Å². The predicted molar refractivity (Wildman–Crippen MR) is 71.9 cm³/mol. The molecule has 0 saturated heterocycles. The summed E-state index contributed by atoms with van der Waals surface area (Å²) >= 11 is 5.74. The number of hydrogen-bond donors (Lipinski definition) is 1. The molecule has 1 rings (SSSR count). The highest BCUT2D eigenvalue weighted by Gasteiger charge is 2.26. The Morgan fingerprint density at radius 1 is 1.45 bits per heavy atom. The van der Waals surface area contributed by atoms with Crippen molar-refractivity contribution >= 4 is 29.2 Å². The molecule has 1 N–H and O–H groups in total. The molecule has 1 aromatic rings. The van der Waals surface area contributed by atoms with Crippen molar-refractivity contribution in [2.24, 2.45) is 0 Å². The van der Waals surface area contributed by atoms with E-state index < -0.39 is 22.5 Å². The second-order valence-corrected chi connectivity index (χ2v) is 4.33. The Hall–Kier alpha value is -2.15. The zero-order valence-electron chi connectivity index (χ0n) is 10.7. The second kappa shape index (κ2) is 6.85. The first kappa shape index (κ1) is 15.9. The number of carbonyl (C=O) groups is 2. The summed E-state index contributed by atoms with van der Waals surface area (Å²) in [6, 6.07) is 4.06. The van der Waals surface area contributed by atoms with E-state index in [0.29, 0.717) is 0 Å². The molecule has 0 spiro atoms. The Bertz CT molecular complexity index is 547. The van der Waals surface area contributed by atoms with Gasteiger partial charge in [-0.25, -0.2) is 0 Å². The van der Waals surface area contributed by atoms with E-state index in [9.17, 15) is 19.7 Å². The average molecular weight is 301 g/mol. The lowest BCUT2D eigenvalue weighted by molar-refractivity contribution is -0.385. The minimum atomic E-state index is -1.04. The number of nitro groups is 1. The van der Waals surface area contributed by atoms with Crippen LogP contribution in [0.4, 0.5) is 5.69 Å². The number of carbonyl (C=O) groups excluding carboxylic acids is 1. The van der Waals surface area contributed by atoms with Gasteiger partial charge in [0.25, 0.3) is 5.91 Å². The standard InChI is InChI=1S/C12H13ClN2O5/c1-2-14(7-6-10(16)17)12(18)8-4-3-5-9(13)11(8)15(19)20/h3-5H,2,6-7H2,1H3,(H,16,17). The molecule has 1 amide bonds. The lowest BCUT2D eigenvalue weighted by Crippen LogP contribution is -2.33. The number of carboxylic acid groups (broad SMARTS) is 1. The third kappa shape index (κ3) is 3.67. The van der Waals surface area contributed by atoms with E-state index in [1.54, 1.807) is 6.92 Å². The molecule has 0 saturated carbocycles. The van der Waals surface area contributed by atoms with Crippen LogP contribution in [0.25, 0.3) is 0 Å². The van der Waals surface area contributed by atoms with Crippen LogP contribution in [0.3, 0.4) is 0 Å². The van der Waals surface area contributed by atoms with Crippen LogP contribution in [-0.2, 0) is 4.79 Å². The molecule has 0 fully saturated rings. The summed E-state index contributed by atoms with van der Waals surface area (Å²) in [5.74, 6) is -1.65. The average Bonchev–Trinajstić information content (AvgIpc) is 2.38. The largest absolute Gasteiger partial charge is 0.481 e. The highest BCUT2D eigenvalue weighted by Crippen LogP contribution is 2.29. The van der Waals surface area contributed by atoms with Crippen LogP contribution >= 0.6 is 11.6 Å². The number of carboxylic acids is 1. The van der Waals surface area contributed by atoms with Crippen molar-refractivity contribution in [3.63, 3.8) is 0 Å². The number of nitrogens with zero attached hydrogens (tertiary/aromatic N) is 2. The minimum Gasteiger partial charge on any atom is -0.481 e. The fourth-order valence-corrected chi connectivity index (χ4v) is 1.92. The summed E-state index contributed by atoms with van der Waals surface area (Å²) in [4.78, 5) is 34.3. The predicted octanol–water partition coefficient (Wildman–Crippen LogP) is 2.18. The number of nitro benzene ring substituents is 1. The minimum absolute atomic E-state index is 0.0195. The van der Waals surface area contributed by atoms with Gasteiger partial charge in [0.1, 0.15) is 10.6 Å². The van der Waals surface area contributed by atoms with Crippen LogP contribution < -0.4 is 0 Å².